The van der Waals surface area contributed by atoms with Crippen molar-refractivity contribution in [1.29, 1.82) is 5.26 Å². The molecule has 1 heterocycles. The van der Waals surface area contributed by atoms with Gasteiger partial charge in [0.25, 0.3) is 0 Å². The lowest BCUT2D eigenvalue weighted by molar-refractivity contribution is 0.459. The Bertz CT molecular complexity index is 865. The van der Waals surface area contributed by atoms with Gasteiger partial charge in [0, 0.05) is 0 Å². The Labute approximate surface area is 136 Å². The molecule has 0 aliphatic rings. The molecule has 0 radical (unpaired) electrons. The zero-order valence-electron chi connectivity index (χ0n) is 10.8. The molecule has 0 saturated carbocycles. The van der Waals surface area contributed by atoms with Crippen LogP contribution in [0.5, 0.6) is 5.75 Å². The quantitative estimate of drug-likeness (QED) is 0.805. The van der Waals surface area contributed by atoms with Crippen molar-refractivity contribution in [2.24, 2.45) is 0 Å². The van der Waals surface area contributed by atoms with Gasteiger partial charge in [0.15, 0.2) is 5.75 Å². The number of hydrogen-bond acceptors (Lipinski definition) is 6. The van der Waals surface area contributed by atoms with E-state index in [9.17, 15) is 13.5 Å². The van der Waals surface area contributed by atoms with Crippen molar-refractivity contribution < 1.29 is 13.5 Å². The second-order valence-corrected chi connectivity index (χ2v) is 6.53. The Hall–Kier alpha value is -1.92. The monoisotopic (exact) mass is 358 g/mol. The molecule has 10 heteroatoms. The van der Waals surface area contributed by atoms with Gasteiger partial charge in [0.05, 0.1) is 29.4 Å². The highest BCUT2D eigenvalue weighted by Gasteiger charge is 2.19. The molecular formula is C12H8Cl2N4O3S. The maximum Gasteiger partial charge on any atom is 0.242 e. The molecule has 1 aromatic carbocycles. The van der Waals surface area contributed by atoms with E-state index in [1.165, 1.54) is 12.1 Å². The van der Waals surface area contributed by atoms with E-state index in [0.717, 1.165) is 12.3 Å². The number of rotatable bonds is 4. The topological polar surface area (TPSA) is 116 Å². The first-order valence-corrected chi connectivity index (χ1v) is 7.97. The highest BCUT2D eigenvalue weighted by molar-refractivity contribution is 7.89. The summed E-state index contributed by atoms with van der Waals surface area (Å²) in [6.07, 6.45) is 1.06. The molecule has 0 atom stereocenters. The van der Waals surface area contributed by atoms with Crippen LogP contribution in [-0.4, -0.2) is 23.5 Å². The van der Waals surface area contributed by atoms with Crippen LogP contribution in [0.25, 0.3) is 0 Å². The number of nitrogens with one attached hydrogen (secondary N) is 1. The minimum Gasteiger partial charge on any atom is -0.504 e. The molecule has 2 N–H and O–H groups in total. The maximum atomic E-state index is 12.2. The normalized spacial score (nSPS) is 11.1. The summed E-state index contributed by atoms with van der Waals surface area (Å²) in [6, 6.07) is 5.69. The number of aromatic hydroxyl groups is 1. The Morgan fingerprint density at radius 2 is 2.09 bits per heavy atom. The zero-order valence-corrected chi connectivity index (χ0v) is 13.1. The van der Waals surface area contributed by atoms with Gasteiger partial charge in [-0.25, -0.2) is 23.1 Å². The van der Waals surface area contributed by atoms with Crippen LogP contribution in [-0.2, 0) is 16.6 Å². The van der Waals surface area contributed by atoms with Crippen LogP contribution in [0.2, 0.25) is 10.3 Å². The SMILES string of the molecule is N#Cc1ccc(Cl)c(S(=O)(=O)NCc2nc(Cl)ncc2O)c1. The number of halogens is 2. The first-order chi connectivity index (χ1) is 10.3. The Balaban J connectivity index is 2.29. The summed E-state index contributed by atoms with van der Waals surface area (Å²) in [5.41, 5.74) is 0.161. The first-order valence-electron chi connectivity index (χ1n) is 5.73. The Morgan fingerprint density at radius 1 is 1.36 bits per heavy atom. The van der Waals surface area contributed by atoms with Crippen molar-refractivity contribution in [2.75, 3.05) is 0 Å². The predicted molar refractivity (Wildman–Crippen MR) is 78.9 cm³/mol. The molecular weight excluding hydrogens is 351 g/mol. The van der Waals surface area contributed by atoms with Gasteiger partial charge < -0.3 is 5.11 Å². The minimum absolute atomic E-state index is 0.0103. The summed E-state index contributed by atoms with van der Waals surface area (Å²) in [5, 5.41) is 18.2. The standard InChI is InChI=1S/C12H8Cl2N4O3S/c13-8-2-1-7(4-15)3-11(8)22(20,21)17-5-9-10(19)6-16-12(14)18-9/h1-3,6,17,19H,5H2. The summed E-state index contributed by atoms with van der Waals surface area (Å²) in [7, 11) is -4.00. The fourth-order valence-electron chi connectivity index (χ4n) is 1.54. The van der Waals surface area contributed by atoms with Gasteiger partial charge in [-0.05, 0) is 29.8 Å². The fourth-order valence-corrected chi connectivity index (χ4v) is 3.20. The van der Waals surface area contributed by atoms with E-state index in [0.29, 0.717) is 0 Å². The second kappa shape index (κ2) is 6.46. The summed E-state index contributed by atoms with van der Waals surface area (Å²) in [6.45, 7) is -0.316. The zero-order chi connectivity index (χ0) is 16.3. The van der Waals surface area contributed by atoms with Gasteiger partial charge in [0.1, 0.15) is 10.6 Å². The number of sulfonamides is 1. The van der Waals surface area contributed by atoms with Gasteiger partial charge in [-0.15, -0.1) is 0 Å². The third-order valence-corrected chi connectivity index (χ3v) is 4.66. The molecule has 7 nitrogen and oxygen atoms in total. The van der Waals surface area contributed by atoms with E-state index < -0.39 is 10.0 Å². The van der Waals surface area contributed by atoms with E-state index in [2.05, 4.69) is 14.7 Å². The van der Waals surface area contributed by atoms with E-state index in [1.54, 1.807) is 0 Å². The smallest absolute Gasteiger partial charge is 0.242 e. The molecule has 2 aromatic rings. The van der Waals surface area contributed by atoms with E-state index in [1.807, 2.05) is 6.07 Å². The molecule has 0 bridgehead atoms. The lowest BCUT2D eigenvalue weighted by Gasteiger charge is -2.09. The largest absolute Gasteiger partial charge is 0.504 e. The lowest BCUT2D eigenvalue weighted by Crippen LogP contribution is -2.24. The molecule has 114 valence electrons. The average Bonchev–Trinajstić information content (AvgIpc) is 2.48. The van der Waals surface area contributed by atoms with E-state index in [-0.39, 0.29) is 38.8 Å². The molecule has 22 heavy (non-hydrogen) atoms. The van der Waals surface area contributed by atoms with Gasteiger partial charge in [-0.3, -0.25) is 0 Å². The van der Waals surface area contributed by atoms with Crippen LogP contribution in [0.3, 0.4) is 0 Å². The molecule has 0 aliphatic carbocycles. The fraction of sp³-hybridized carbons (Fsp3) is 0.0833. The van der Waals surface area contributed by atoms with Crippen molar-refractivity contribution >= 4 is 33.2 Å². The molecule has 0 aliphatic heterocycles. The Kier molecular flexibility index (Phi) is 4.83. The molecule has 2 rings (SSSR count). The predicted octanol–water partition coefficient (Wildman–Crippen LogP) is 1.84. The lowest BCUT2D eigenvalue weighted by atomic mass is 10.2. The third kappa shape index (κ3) is 3.64. The number of aromatic nitrogens is 2. The van der Waals surface area contributed by atoms with Crippen LogP contribution >= 0.6 is 23.2 Å². The van der Waals surface area contributed by atoms with Crippen LogP contribution in [0.1, 0.15) is 11.3 Å². The number of hydrogen-bond donors (Lipinski definition) is 2. The Morgan fingerprint density at radius 3 is 2.77 bits per heavy atom. The third-order valence-electron chi connectivity index (χ3n) is 2.60. The van der Waals surface area contributed by atoms with Crippen molar-refractivity contribution in [3.05, 3.63) is 46.0 Å². The highest BCUT2D eigenvalue weighted by atomic mass is 35.5. The minimum atomic E-state index is -4.00. The summed E-state index contributed by atoms with van der Waals surface area (Å²) >= 11 is 11.4. The van der Waals surface area contributed by atoms with Gasteiger partial charge in [0.2, 0.25) is 15.3 Å². The summed E-state index contributed by atoms with van der Waals surface area (Å²) in [5.74, 6) is -0.302. The van der Waals surface area contributed by atoms with Crippen molar-refractivity contribution in [3.63, 3.8) is 0 Å². The highest BCUT2D eigenvalue weighted by Crippen LogP contribution is 2.23. The second-order valence-electron chi connectivity index (χ2n) is 4.05. The van der Waals surface area contributed by atoms with Crippen molar-refractivity contribution in [1.82, 2.24) is 14.7 Å². The van der Waals surface area contributed by atoms with Gasteiger partial charge in [-0.1, -0.05) is 11.6 Å². The van der Waals surface area contributed by atoms with Crippen LogP contribution in [0.15, 0.2) is 29.3 Å². The molecule has 0 saturated heterocycles. The van der Waals surface area contributed by atoms with E-state index >= 15 is 0 Å². The molecule has 0 amide bonds. The van der Waals surface area contributed by atoms with Crippen LogP contribution in [0.4, 0.5) is 0 Å². The molecule has 0 spiro atoms. The maximum absolute atomic E-state index is 12.2. The van der Waals surface area contributed by atoms with Crippen molar-refractivity contribution in [3.8, 4) is 11.8 Å². The van der Waals surface area contributed by atoms with Crippen molar-refractivity contribution in [2.45, 2.75) is 11.4 Å². The molecule has 1 aromatic heterocycles. The van der Waals surface area contributed by atoms with Crippen LogP contribution < -0.4 is 4.72 Å². The molecule has 0 fully saturated rings. The average molecular weight is 359 g/mol. The number of nitriles is 1. The number of nitrogens with zero attached hydrogens (tertiary/aromatic N) is 3. The van der Waals surface area contributed by atoms with Gasteiger partial charge >= 0.3 is 0 Å². The molecule has 0 unspecified atom stereocenters. The van der Waals surface area contributed by atoms with Crippen LogP contribution in [0, 0.1) is 11.3 Å². The summed E-state index contributed by atoms with van der Waals surface area (Å²) in [4.78, 5) is 7.02. The van der Waals surface area contributed by atoms with E-state index in [4.69, 9.17) is 28.5 Å². The number of benzene rings is 1. The van der Waals surface area contributed by atoms with Gasteiger partial charge in [-0.2, -0.15) is 5.26 Å². The summed E-state index contributed by atoms with van der Waals surface area (Å²) < 4.78 is 26.7. The first kappa shape index (κ1) is 16.5.